The molecule has 4 bridgehead atoms. The minimum absolute atomic E-state index is 0.0952. The molecule has 0 aliphatic heterocycles. The molecule has 4 fully saturated rings. The fourth-order valence-corrected chi connectivity index (χ4v) is 5.74. The lowest BCUT2D eigenvalue weighted by atomic mass is 9.49. The van der Waals surface area contributed by atoms with Crippen molar-refractivity contribution in [2.24, 2.45) is 23.2 Å². The molecule has 134 valence electrons. The van der Waals surface area contributed by atoms with Crippen molar-refractivity contribution >= 4 is 17.5 Å². The molecule has 0 atom stereocenters. The lowest BCUT2D eigenvalue weighted by molar-refractivity contribution is -0.140. The summed E-state index contributed by atoms with van der Waals surface area (Å²) < 4.78 is 0. The molecule has 1 aromatic rings. The molecule has 4 heteroatoms. The number of rotatable bonds is 4. The SMILES string of the molecule is CC(C)NC(=O)c1cccc(NC(=O)C23CC4CC(CC(C4)C2)C3)c1. The molecule has 0 saturated heterocycles. The van der Waals surface area contributed by atoms with Crippen LogP contribution in [0.5, 0.6) is 0 Å². The van der Waals surface area contributed by atoms with Crippen molar-refractivity contribution in [1.29, 1.82) is 0 Å². The molecule has 0 spiro atoms. The van der Waals surface area contributed by atoms with Crippen molar-refractivity contribution in [3.63, 3.8) is 0 Å². The third kappa shape index (κ3) is 3.19. The van der Waals surface area contributed by atoms with Gasteiger partial charge in [-0.2, -0.15) is 0 Å². The van der Waals surface area contributed by atoms with E-state index < -0.39 is 0 Å². The molecule has 0 unspecified atom stereocenters. The minimum Gasteiger partial charge on any atom is -0.350 e. The van der Waals surface area contributed by atoms with Crippen LogP contribution in [0.1, 0.15) is 62.7 Å². The van der Waals surface area contributed by atoms with Crippen LogP contribution in [0, 0.1) is 23.2 Å². The van der Waals surface area contributed by atoms with E-state index in [1.807, 2.05) is 26.0 Å². The van der Waals surface area contributed by atoms with Crippen molar-refractivity contribution in [2.45, 2.75) is 58.4 Å². The summed E-state index contributed by atoms with van der Waals surface area (Å²) in [5.74, 6) is 2.33. The van der Waals surface area contributed by atoms with Crippen LogP contribution in [-0.4, -0.2) is 17.9 Å². The predicted molar refractivity (Wildman–Crippen MR) is 98.3 cm³/mol. The van der Waals surface area contributed by atoms with Gasteiger partial charge in [0, 0.05) is 17.3 Å². The molecule has 0 heterocycles. The molecule has 25 heavy (non-hydrogen) atoms. The minimum atomic E-state index is -0.162. The molecule has 4 aliphatic carbocycles. The largest absolute Gasteiger partial charge is 0.350 e. The highest BCUT2D eigenvalue weighted by Gasteiger charge is 2.54. The number of hydrogen-bond donors (Lipinski definition) is 2. The Bertz CT molecular complexity index is 660. The average molecular weight is 340 g/mol. The third-order valence-corrected chi connectivity index (χ3v) is 6.32. The maximum Gasteiger partial charge on any atom is 0.251 e. The topological polar surface area (TPSA) is 58.2 Å². The second-order valence-corrected chi connectivity index (χ2v) is 8.86. The zero-order chi connectivity index (χ0) is 17.6. The zero-order valence-corrected chi connectivity index (χ0v) is 15.2. The smallest absolute Gasteiger partial charge is 0.251 e. The highest BCUT2D eigenvalue weighted by atomic mass is 16.2. The summed E-state index contributed by atoms with van der Waals surface area (Å²) in [6.45, 7) is 3.88. The Morgan fingerprint density at radius 1 is 1.04 bits per heavy atom. The van der Waals surface area contributed by atoms with Crippen molar-refractivity contribution < 1.29 is 9.59 Å². The number of carbonyl (C=O) groups is 2. The average Bonchev–Trinajstić information content (AvgIpc) is 2.53. The number of anilines is 1. The Kier molecular flexibility index (Phi) is 4.09. The van der Waals surface area contributed by atoms with Crippen LogP contribution in [-0.2, 0) is 4.79 Å². The number of amides is 2. The first-order valence-corrected chi connectivity index (χ1v) is 9.66. The molecule has 4 aliphatic rings. The van der Waals surface area contributed by atoms with Gasteiger partial charge in [0.05, 0.1) is 5.41 Å². The van der Waals surface area contributed by atoms with E-state index in [1.165, 1.54) is 19.3 Å². The van der Waals surface area contributed by atoms with Crippen molar-refractivity contribution in [3.8, 4) is 0 Å². The lowest BCUT2D eigenvalue weighted by Gasteiger charge is -2.55. The summed E-state index contributed by atoms with van der Waals surface area (Å²) in [6, 6.07) is 7.39. The molecule has 1 aromatic carbocycles. The summed E-state index contributed by atoms with van der Waals surface area (Å²) in [5, 5.41) is 6.03. The number of carbonyl (C=O) groups excluding carboxylic acids is 2. The van der Waals surface area contributed by atoms with Gasteiger partial charge >= 0.3 is 0 Å². The van der Waals surface area contributed by atoms with Crippen LogP contribution in [0.15, 0.2) is 24.3 Å². The van der Waals surface area contributed by atoms with E-state index in [9.17, 15) is 9.59 Å². The van der Waals surface area contributed by atoms with Crippen LogP contribution < -0.4 is 10.6 Å². The normalized spacial score (nSPS) is 32.7. The molecule has 4 nitrogen and oxygen atoms in total. The Labute approximate surface area is 149 Å². The molecule has 0 aromatic heterocycles. The van der Waals surface area contributed by atoms with E-state index in [2.05, 4.69) is 10.6 Å². The molecule has 5 rings (SSSR count). The van der Waals surface area contributed by atoms with Crippen molar-refractivity contribution in [1.82, 2.24) is 5.32 Å². The lowest BCUT2D eigenvalue weighted by Crippen LogP contribution is -2.51. The monoisotopic (exact) mass is 340 g/mol. The van der Waals surface area contributed by atoms with Gasteiger partial charge in [0.15, 0.2) is 0 Å². The second-order valence-electron chi connectivity index (χ2n) is 8.86. The van der Waals surface area contributed by atoms with Gasteiger partial charge in [-0.15, -0.1) is 0 Å². The van der Waals surface area contributed by atoms with Gasteiger partial charge in [-0.3, -0.25) is 9.59 Å². The number of benzene rings is 1. The summed E-state index contributed by atoms with van der Waals surface area (Å²) in [7, 11) is 0. The molecule has 0 radical (unpaired) electrons. The van der Waals surface area contributed by atoms with Gasteiger partial charge in [0.2, 0.25) is 5.91 Å². The fraction of sp³-hybridized carbons (Fsp3) is 0.619. The van der Waals surface area contributed by atoms with E-state index in [0.29, 0.717) is 5.56 Å². The van der Waals surface area contributed by atoms with Crippen LogP contribution >= 0.6 is 0 Å². The van der Waals surface area contributed by atoms with Crippen molar-refractivity contribution in [2.75, 3.05) is 5.32 Å². The van der Waals surface area contributed by atoms with E-state index in [4.69, 9.17) is 0 Å². The van der Waals surface area contributed by atoms with Gasteiger partial charge < -0.3 is 10.6 Å². The molecular formula is C21H28N2O2. The Hall–Kier alpha value is -1.84. The highest BCUT2D eigenvalue weighted by molar-refractivity contribution is 5.99. The van der Waals surface area contributed by atoms with Gasteiger partial charge in [-0.25, -0.2) is 0 Å². The summed E-state index contributed by atoms with van der Waals surface area (Å²) >= 11 is 0. The van der Waals surface area contributed by atoms with Crippen LogP contribution in [0.4, 0.5) is 5.69 Å². The van der Waals surface area contributed by atoms with Crippen LogP contribution in [0.25, 0.3) is 0 Å². The van der Waals surface area contributed by atoms with Crippen LogP contribution in [0.3, 0.4) is 0 Å². The van der Waals surface area contributed by atoms with Crippen LogP contribution in [0.2, 0.25) is 0 Å². The first-order valence-electron chi connectivity index (χ1n) is 9.66. The Morgan fingerprint density at radius 2 is 1.64 bits per heavy atom. The quantitative estimate of drug-likeness (QED) is 0.871. The Balaban J connectivity index is 1.49. The maximum atomic E-state index is 13.1. The molecule has 4 saturated carbocycles. The van der Waals surface area contributed by atoms with Crippen molar-refractivity contribution in [3.05, 3.63) is 29.8 Å². The predicted octanol–water partition coefficient (Wildman–Crippen LogP) is 3.98. The number of nitrogens with one attached hydrogen (secondary N) is 2. The zero-order valence-electron chi connectivity index (χ0n) is 15.2. The standard InChI is InChI=1S/C21H28N2O2/c1-13(2)22-19(24)17-4-3-5-18(9-17)23-20(25)21-10-14-6-15(11-21)8-16(7-14)12-21/h3-5,9,13-16H,6-8,10-12H2,1-2H3,(H,22,24)(H,23,25). The highest BCUT2D eigenvalue weighted by Crippen LogP contribution is 2.60. The first-order chi connectivity index (χ1) is 11.9. The van der Waals surface area contributed by atoms with E-state index in [-0.39, 0.29) is 23.3 Å². The fourth-order valence-electron chi connectivity index (χ4n) is 5.74. The first kappa shape index (κ1) is 16.6. The second kappa shape index (κ2) is 6.15. The third-order valence-electron chi connectivity index (χ3n) is 6.32. The molecule has 2 amide bonds. The van der Waals surface area contributed by atoms with Gasteiger partial charge in [0.1, 0.15) is 0 Å². The van der Waals surface area contributed by atoms with E-state index >= 15 is 0 Å². The van der Waals surface area contributed by atoms with E-state index in [1.54, 1.807) is 12.1 Å². The molecular weight excluding hydrogens is 312 g/mol. The maximum absolute atomic E-state index is 13.1. The summed E-state index contributed by atoms with van der Waals surface area (Å²) in [6.07, 6.45) is 7.15. The van der Waals surface area contributed by atoms with Gasteiger partial charge in [-0.05, 0) is 88.3 Å². The number of hydrogen-bond acceptors (Lipinski definition) is 2. The molecule has 2 N–H and O–H groups in total. The van der Waals surface area contributed by atoms with E-state index in [0.717, 1.165) is 42.7 Å². The summed E-state index contributed by atoms with van der Waals surface area (Å²) in [4.78, 5) is 25.3. The Morgan fingerprint density at radius 3 is 2.20 bits per heavy atom. The van der Waals surface area contributed by atoms with Gasteiger partial charge in [-0.1, -0.05) is 6.07 Å². The summed E-state index contributed by atoms with van der Waals surface area (Å²) in [5.41, 5.74) is 1.17. The van der Waals surface area contributed by atoms with Gasteiger partial charge in [0.25, 0.3) is 5.91 Å².